The quantitative estimate of drug-likeness (QED) is 0.759. The molecule has 0 bridgehead atoms. The summed E-state index contributed by atoms with van der Waals surface area (Å²) in [5.74, 6) is -1.76. The number of carbonyl (C=O) groups is 2. The molecule has 1 rings (SSSR count). The van der Waals surface area contributed by atoms with Crippen molar-refractivity contribution < 1.29 is 14.0 Å². The predicted molar refractivity (Wildman–Crippen MR) is 81.3 cm³/mol. The van der Waals surface area contributed by atoms with Crippen molar-refractivity contribution >= 4 is 17.5 Å². The fourth-order valence-electron chi connectivity index (χ4n) is 2.00. The van der Waals surface area contributed by atoms with Crippen LogP contribution in [0, 0.1) is 11.7 Å². The normalized spacial score (nSPS) is 11.8. The highest BCUT2D eigenvalue weighted by Gasteiger charge is 2.16. The SMILES string of the molecule is CCCC[C@H](CC)CNC(=O)C(=O)Nc1ccccc1F. The first-order chi connectivity index (χ1) is 10.1. The van der Waals surface area contributed by atoms with Crippen LogP contribution >= 0.6 is 0 Å². The average molecular weight is 294 g/mol. The molecule has 1 aromatic carbocycles. The first kappa shape index (κ1) is 17.1. The van der Waals surface area contributed by atoms with Crippen LogP contribution in [0.1, 0.15) is 39.5 Å². The van der Waals surface area contributed by atoms with Crippen molar-refractivity contribution in [2.24, 2.45) is 5.92 Å². The van der Waals surface area contributed by atoms with Gasteiger partial charge in [-0.05, 0) is 24.5 Å². The summed E-state index contributed by atoms with van der Waals surface area (Å²) in [4.78, 5) is 23.4. The van der Waals surface area contributed by atoms with Crippen molar-refractivity contribution in [2.75, 3.05) is 11.9 Å². The van der Waals surface area contributed by atoms with Crippen molar-refractivity contribution in [1.82, 2.24) is 5.32 Å². The highest BCUT2D eigenvalue weighted by Crippen LogP contribution is 2.13. The fourth-order valence-corrected chi connectivity index (χ4v) is 2.00. The number of amides is 2. The minimum atomic E-state index is -0.842. The third-order valence-corrected chi connectivity index (χ3v) is 3.42. The molecule has 0 saturated heterocycles. The number of halogens is 1. The van der Waals surface area contributed by atoms with Gasteiger partial charge in [-0.2, -0.15) is 0 Å². The molecular formula is C16H23FN2O2. The predicted octanol–water partition coefficient (Wildman–Crippen LogP) is 3.10. The van der Waals surface area contributed by atoms with Crippen molar-refractivity contribution in [3.05, 3.63) is 30.1 Å². The lowest BCUT2D eigenvalue weighted by molar-refractivity contribution is -0.136. The third kappa shape index (κ3) is 5.94. The Morgan fingerprint density at radius 1 is 1.19 bits per heavy atom. The van der Waals surface area contributed by atoms with E-state index in [-0.39, 0.29) is 5.69 Å². The number of para-hydroxylation sites is 1. The van der Waals surface area contributed by atoms with Crippen LogP contribution in [0.4, 0.5) is 10.1 Å². The van der Waals surface area contributed by atoms with Crippen LogP contribution in [-0.4, -0.2) is 18.4 Å². The van der Waals surface area contributed by atoms with Crippen LogP contribution in [-0.2, 0) is 9.59 Å². The van der Waals surface area contributed by atoms with Gasteiger partial charge >= 0.3 is 11.8 Å². The van der Waals surface area contributed by atoms with E-state index in [1.807, 2.05) is 0 Å². The molecule has 0 aliphatic carbocycles. The Kier molecular flexibility index (Phi) is 7.43. The molecule has 0 heterocycles. The number of anilines is 1. The number of hydrogen-bond acceptors (Lipinski definition) is 2. The number of nitrogens with one attached hydrogen (secondary N) is 2. The van der Waals surface area contributed by atoms with Crippen molar-refractivity contribution in [3.8, 4) is 0 Å². The summed E-state index contributed by atoms with van der Waals surface area (Å²) < 4.78 is 13.4. The molecule has 116 valence electrons. The largest absolute Gasteiger partial charge is 0.348 e. The van der Waals surface area contributed by atoms with E-state index in [2.05, 4.69) is 24.5 Å². The first-order valence-electron chi connectivity index (χ1n) is 7.42. The van der Waals surface area contributed by atoms with E-state index < -0.39 is 17.6 Å². The Bertz CT molecular complexity index is 477. The van der Waals surface area contributed by atoms with Crippen LogP contribution in [0.3, 0.4) is 0 Å². The number of rotatable bonds is 7. The van der Waals surface area contributed by atoms with Gasteiger partial charge in [-0.25, -0.2) is 4.39 Å². The van der Waals surface area contributed by atoms with Gasteiger partial charge < -0.3 is 10.6 Å². The van der Waals surface area contributed by atoms with E-state index in [1.165, 1.54) is 18.2 Å². The molecule has 2 amide bonds. The lowest BCUT2D eigenvalue weighted by Gasteiger charge is -2.15. The molecule has 0 fully saturated rings. The smallest absolute Gasteiger partial charge is 0.313 e. The number of hydrogen-bond donors (Lipinski definition) is 2. The maximum absolute atomic E-state index is 13.4. The van der Waals surface area contributed by atoms with E-state index in [0.717, 1.165) is 25.7 Å². The zero-order valence-electron chi connectivity index (χ0n) is 12.6. The van der Waals surface area contributed by atoms with Gasteiger partial charge in [0, 0.05) is 6.54 Å². The second-order valence-corrected chi connectivity index (χ2v) is 5.06. The Morgan fingerprint density at radius 2 is 1.90 bits per heavy atom. The van der Waals surface area contributed by atoms with Crippen LogP contribution in [0.2, 0.25) is 0 Å². The lowest BCUT2D eigenvalue weighted by atomic mass is 9.99. The van der Waals surface area contributed by atoms with Crippen LogP contribution < -0.4 is 10.6 Å². The molecule has 4 nitrogen and oxygen atoms in total. The summed E-state index contributed by atoms with van der Waals surface area (Å²) in [5.41, 5.74) is 0.00988. The Labute approximate surface area is 125 Å². The number of benzene rings is 1. The van der Waals surface area contributed by atoms with Crippen LogP contribution in [0.5, 0.6) is 0 Å². The summed E-state index contributed by atoms with van der Waals surface area (Å²) in [7, 11) is 0. The summed E-state index contributed by atoms with van der Waals surface area (Å²) in [6, 6.07) is 5.75. The molecule has 1 atom stereocenters. The molecule has 1 aromatic rings. The van der Waals surface area contributed by atoms with Gasteiger partial charge in [0.1, 0.15) is 5.82 Å². The van der Waals surface area contributed by atoms with Crippen molar-refractivity contribution in [3.63, 3.8) is 0 Å². The summed E-state index contributed by atoms with van der Waals surface area (Å²) in [6.45, 7) is 4.65. The molecular weight excluding hydrogens is 271 g/mol. The van der Waals surface area contributed by atoms with Gasteiger partial charge in [-0.3, -0.25) is 9.59 Å². The van der Waals surface area contributed by atoms with Crippen molar-refractivity contribution in [1.29, 1.82) is 0 Å². The maximum atomic E-state index is 13.4. The fraction of sp³-hybridized carbons (Fsp3) is 0.500. The van der Waals surface area contributed by atoms with Gasteiger partial charge in [-0.15, -0.1) is 0 Å². The summed E-state index contributed by atoms with van der Waals surface area (Å²) in [5, 5.41) is 4.88. The van der Waals surface area contributed by atoms with E-state index >= 15 is 0 Å². The van der Waals surface area contributed by atoms with Crippen LogP contribution in [0.15, 0.2) is 24.3 Å². The van der Waals surface area contributed by atoms with Crippen LogP contribution in [0.25, 0.3) is 0 Å². The molecule has 0 aromatic heterocycles. The van der Waals surface area contributed by atoms with E-state index in [1.54, 1.807) is 6.07 Å². The Hall–Kier alpha value is -1.91. The van der Waals surface area contributed by atoms with Gasteiger partial charge in [-0.1, -0.05) is 45.2 Å². The second-order valence-electron chi connectivity index (χ2n) is 5.06. The molecule has 0 spiro atoms. The average Bonchev–Trinajstić information content (AvgIpc) is 2.49. The molecule has 0 aliphatic rings. The van der Waals surface area contributed by atoms with E-state index in [0.29, 0.717) is 12.5 Å². The topological polar surface area (TPSA) is 58.2 Å². The monoisotopic (exact) mass is 294 g/mol. The molecule has 0 unspecified atom stereocenters. The van der Waals surface area contributed by atoms with Gasteiger partial charge in [0.05, 0.1) is 5.69 Å². The standard InChI is InChI=1S/C16H23FN2O2/c1-3-5-8-12(4-2)11-18-15(20)16(21)19-14-10-7-6-9-13(14)17/h6-7,9-10,12H,3-5,8,11H2,1-2H3,(H,18,20)(H,19,21)/t12-/m0/s1. The maximum Gasteiger partial charge on any atom is 0.313 e. The summed E-state index contributed by atoms with van der Waals surface area (Å²) >= 11 is 0. The highest BCUT2D eigenvalue weighted by atomic mass is 19.1. The first-order valence-corrected chi connectivity index (χ1v) is 7.42. The Morgan fingerprint density at radius 3 is 2.52 bits per heavy atom. The zero-order chi connectivity index (χ0) is 15.7. The molecule has 5 heteroatoms. The number of unbranched alkanes of at least 4 members (excludes halogenated alkanes) is 1. The Balaban J connectivity index is 2.44. The highest BCUT2D eigenvalue weighted by molar-refractivity contribution is 6.39. The lowest BCUT2D eigenvalue weighted by Crippen LogP contribution is -2.38. The molecule has 0 radical (unpaired) electrons. The van der Waals surface area contributed by atoms with Gasteiger partial charge in [0.15, 0.2) is 0 Å². The van der Waals surface area contributed by atoms with Gasteiger partial charge in [0.25, 0.3) is 0 Å². The number of carbonyl (C=O) groups excluding carboxylic acids is 2. The third-order valence-electron chi connectivity index (χ3n) is 3.42. The molecule has 2 N–H and O–H groups in total. The van der Waals surface area contributed by atoms with Crippen molar-refractivity contribution in [2.45, 2.75) is 39.5 Å². The molecule has 21 heavy (non-hydrogen) atoms. The van der Waals surface area contributed by atoms with E-state index in [4.69, 9.17) is 0 Å². The minimum absolute atomic E-state index is 0.00988. The second kappa shape index (κ2) is 9.10. The molecule has 0 saturated carbocycles. The molecule has 0 aliphatic heterocycles. The zero-order valence-corrected chi connectivity index (χ0v) is 12.6. The minimum Gasteiger partial charge on any atom is -0.348 e. The summed E-state index contributed by atoms with van der Waals surface area (Å²) in [6.07, 6.45) is 4.20. The van der Waals surface area contributed by atoms with Gasteiger partial charge in [0.2, 0.25) is 0 Å². The van der Waals surface area contributed by atoms with E-state index in [9.17, 15) is 14.0 Å².